The van der Waals surface area contributed by atoms with Crippen molar-refractivity contribution >= 4 is 0 Å². The molecule has 0 unspecified atom stereocenters. The molecule has 6 heteroatoms. The van der Waals surface area contributed by atoms with Crippen molar-refractivity contribution in [1.29, 1.82) is 0 Å². The van der Waals surface area contributed by atoms with Gasteiger partial charge in [-0.2, -0.15) is 13.2 Å². The SMILES string of the molecule is CC(C)(C)OCCN1CCN(CC(F)(F)F)CC1(C)C. The van der Waals surface area contributed by atoms with Crippen LogP contribution in [0.25, 0.3) is 0 Å². The molecule has 0 atom stereocenters. The van der Waals surface area contributed by atoms with E-state index in [9.17, 15) is 13.2 Å². The van der Waals surface area contributed by atoms with Crippen molar-refractivity contribution in [2.24, 2.45) is 0 Å². The Morgan fingerprint density at radius 2 is 1.70 bits per heavy atom. The van der Waals surface area contributed by atoms with Crippen LogP contribution in [0.15, 0.2) is 0 Å². The lowest BCUT2D eigenvalue weighted by atomic mass is 9.99. The number of ether oxygens (including phenoxy) is 1. The standard InChI is InChI=1S/C14H27F3N2O/c1-12(2,3)20-9-8-19-7-6-18(10-13(19,4)5)11-14(15,16)17/h6-11H2,1-5H3. The van der Waals surface area contributed by atoms with Gasteiger partial charge in [0.25, 0.3) is 0 Å². The Labute approximate surface area is 120 Å². The summed E-state index contributed by atoms with van der Waals surface area (Å²) in [5.41, 5.74) is -0.438. The summed E-state index contributed by atoms with van der Waals surface area (Å²) in [6.07, 6.45) is -4.12. The summed E-state index contributed by atoms with van der Waals surface area (Å²) in [5.74, 6) is 0. The van der Waals surface area contributed by atoms with Crippen LogP contribution in [-0.2, 0) is 4.74 Å². The Morgan fingerprint density at radius 1 is 1.10 bits per heavy atom. The zero-order valence-corrected chi connectivity index (χ0v) is 13.2. The van der Waals surface area contributed by atoms with Gasteiger partial charge in [0.05, 0.1) is 18.8 Å². The second kappa shape index (κ2) is 6.20. The Bertz CT molecular complexity index is 311. The van der Waals surface area contributed by atoms with E-state index in [4.69, 9.17) is 4.74 Å². The summed E-state index contributed by atoms with van der Waals surface area (Å²) in [6, 6.07) is 0. The largest absolute Gasteiger partial charge is 0.401 e. The molecule has 0 aromatic rings. The van der Waals surface area contributed by atoms with Crippen molar-refractivity contribution in [1.82, 2.24) is 9.80 Å². The van der Waals surface area contributed by atoms with Gasteiger partial charge in [0.2, 0.25) is 0 Å². The maximum Gasteiger partial charge on any atom is 0.401 e. The van der Waals surface area contributed by atoms with Gasteiger partial charge in [-0.15, -0.1) is 0 Å². The number of rotatable bonds is 4. The number of piperazine rings is 1. The molecule has 0 bridgehead atoms. The molecule has 1 rings (SSSR count). The van der Waals surface area contributed by atoms with E-state index in [1.807, 2.05) is 34.6 Å². The Morgan fingerprint density at radius 3 is 2.15 bits per heavy atom. The average molecular weight is 296 g/mol. The molecular formula is C14H27F3N2O. The van der Waals surface area contributed by atoms with E-state index in [2.05, 4.69) is 4.90 Å². The van der Waals surface area contributed by atoms with E-state index in [0.29, 0.717) is 26.2 Å². The lowest BCUT2D eigenvalue weighted by Crippen LogP contribution is -2.61. The minimum absolute atomic E-state index is 0.178. The van der Waals surface area contributed by atoms with Crippen LogP contribution < -0.4 is 0 Å². The predicted octanol–water partition coefficient (Wildman–Crippen LogP) is 2.76. The number of hydrogen-bond acceptors (Lipinski definition) is 3. The molecule has 1 aliphatic heterocycles. The molecule has 0 spiro atoms. The normalized spacial score (nSPS) is 22.2. The zero-order chi connectivity index (χ0) is 15.6. The Hall–Kier alpha value is -0.330. The Kier molecular flexibility index (Phi) is 5.49. The first-order valence-electron chi connectivity index (χ1n) is 7.07. The molecule has 1 aliphatic rings. The highest BCUT2D eigenvalue weighted by Crippen LogP contribution is 2.24. The second-order valence-electron chi connectivity index (χ2n) is 7.09. The van der Waals surface area contributed by atoms with Crippen LogP contribution in [0, 0.1) is 0 Å². The monoisotopic (exact) mass is 296 g/mol. The molecule has 1 saturated heterocycles. The highest BCUT2D eigenvalue weighted by atomic mass is 19.4. The summed E-state index contributed by atoms with van der Waals surface area (Å²) in [4.78, 5) is 3.70. The summed E-state index contributed by atoms with van der Waals surface area (Å²) in [5, 5.41) is 0. The third-order valence-corrected chi connectivity index (χ3v) is 3.45. The average Bonchev–Trinajstić information content (AvgIpc) is 2.16. The van der Waals surface area contributed by atoms with E-state index in [1.54, 1.807) is 0 Å². The molecule has 1 heterocycles. The van der Waals surface area contributed by atoms with Crippen molar-refractivity contribution in [3.63, 3.8) is 0 Å². The summed E-state index contributed by atoms with van der Waals surface area (Å²) < 4.78 is 43.0. The smallest absolute Gasteiger partial charge is 0.375 e. The molecule has 0 radical (unpaired) electrons. The van der Waals surface area contributed by atoms with Crippen molar-refractivity contribution in [3.05, 3.63) is 0 Å². The number of alkyl halides is 3. The maximum absolute atomic E-state index is 12.4. The fourth-order valence-corrected chi connectivity index (χ4v) is 2.56. The molecule has 0 saturated carbocycles. The van der Waals surface area contributed by atoms with Gasteiger partial charge in [0.1, 0.15) is 0 Å². The van der Waals surface area contributed by atoms with Crippen LogP contribution in [0.1, 0.15) is 34.6 Å². The van der Waals surface area contributed by atoms with Gasteiger partial charge in [-0.3, -0.25) is 9.80 Å². The van der Waals surface area contributed by atoms with Crippen molar-refractivity contribution in [2.75, 3.05) is 39.3 Å². The molecule has 0 N–H and O–H groups in total. The van der Waals surface area contributed by atoms with Gasteiger partial charge in [-0.25, -0.2) is 0 Å². The van der Waals surface area contributed by atoms with Crippen LogP contribution in [0.3, 0.4) is 0 Å². The first kappa shape index (κ1) is 17.7. The Balaban J connectivity index is 2.45. The van der Waals surface area contributed by atoms with E-state index in [1.165, 1.54) is 4.90 Å². The molecule has 3 nitrogen and oxygen atoms in total. The van der Waals surface area contributed by atoms with Crippen LogP contribution in [0.2, 0.25) is 0 Å². The quantitative estimate of drug-likeness (QED) is 0.793. The molecule has 0 aromatic heterocycles. The molecule has 0 amide bonds. The maximum atomic E-state index is 12.4. The lowest BCUT2D eigenvalue weighted by Gasteiger charge is -2.47. The van der Waals surface area contributed by atoms with Gasteiger partial charge >= 0.3 is 6.18 Å². The highest BCUT2D eigenvalue weighted by Gasteiger charge is 2.38. The first-order chi connectivity index (χ1) is 8.89. The van der Waals surface area contributed by atoms with E-state index < -0.39 is 12.7 Å². The van der Waals surface area contributed by atoms with Crippen molar-refractivity contribution in [3.8, 4) is 0 Å². The van der Waals surface area contributed by atoms with Gasteiger partial charge in [0.15, 0.2) is 0 Å². The number of halogens is 3. The second-order valence-corrected chi connectivity index (χ2v) is 7.09. The fraction of sp³-hybridized carbons (Fsp3) is 1.00. The predicted molar refractivity (Wildman–Crippen MR) is 73.9 cm³/mol. The summed E-state index contributed by atoms with van der Waals surface area (Å²) in [7, 11) is 0. The van der Waals surface area contributed by atoms with Crippen molar-refractivity contribution in [2.45, 2.75) is 51.9 Å². The topological polar surface area (TPSA) is 15.7 Å². The number of hydrogen-bond donors (Lipinski definition) is 0. The third-order valence-electron chi connectivity index (χ3n) is 3.45. The highest BCUT2D eigenvalue weighted by molar-refractivity contribution is 4.90. The van der Waals surface area contributed by atoms with Gasteiger partial charge in [0, 0.05) is 31.7 Å². The van der Waals surface area contributed by atoms with Gasteiger partial charge in [-0.1, -0.05) is 0 Å². The fourth-order valence-electron chi connectivity index (χ4n) is 2.56. The molecule has 20 heavy (non-hydrogen) atoms. The first-order valence-corrected chi connectivity index (χ1v) is 7.07. The van der Waals surface area contributed by atoms with Crippen LogP contribution in [-0.4, -0.2) is 66.4 Å². The minimum Gasteiger partial charge on any atom is -0.375 e. The van der Waals surface area contributed by atoms with E-state index in [0.717, 1.165) is 6.54 Å². The third kappa shape index (κ3) is 6.41. The van der Waals surface area contributed by atoms with Crippen molar-refractivity contribution < 1.29 is 17.9 Å². The van der Waals surface area contributed by atoms with E-state index in [-0.39, 0.29) is 11.1 Å². The summed E-state index contributed by atoms with van der Waals surface area (Å²) >= 11 is 0. The summed E-state index contributed by atoms with van der Waals surface area (Å²) in [6.45, 7) is 12.1. The van der Waals surface area contributed by atoms with E-state index >= 15 is 0 Å². The van der Waals surface area contributed by atoms with Crippen LogP contribution >= 0.6 is 0 Å². The van der Waals surface area contributed by atoms with Gasteiger partial charge < -0.3 is 4.74 Å². The lowest BCUT2D eigenvalue weighted by molar-refractivity contribution is -0.156. The number of nitrogens with zero attached hydrogens (tertiary/aromatic N) is 2. The molecule has 120 valence electrons. The molecule has 0 aromatic carbocycles. The zero-order valence-electron chi connectivity index (χ0n) is 13.2. The molecule has 0 aliphatic carbocycles. The molecule has 1 fully saturated rings. The van der Waals surface area contributed by atoms with Crippen LogP contribution in [0.4, 0.5) is 13.2 Å². The van der Waals surface area contributed by atoms with Gasteiger partial charge in [-0.05, 0) is 34.6 Å². The van der Waals surface area contributed by atoms with Crippen LogP contribution in [0.5, 0.6) is 0 Å². The molecular weight excluding hydrogens is 269 g/mol. The minimum atomic E-state index is -4.12.